The molecule has 5 rings (SSSR count). The number of fused-ring (bicyclic) bond motifs is 1. The minimum Gasteiger partial charge on any atom is -0.394 e. The second-order valence-corrected chi connectivity index (χ2v) is 12.0. The molecule has 0 aliphatic carbocycles. The molecule has 3 aromatic heterocycles. The molecule has 1 fully saturated rings. The number of ether oxygens (including phenoxy) is 1. The first-order chi connectivity index (χ1) is 20.6. The van der Waals surface area contributed by atoms with Gasteiger partial charge in [-0.05, 0) is 63.8 Å². The summed E-state index contributed by atoms with van der Waals surface area (Å²) in [4.78, 5) is 29.8. The zero-order valence-corrected chi connectivity index (χ0v) is 25.9. The Morgan fingerprint density at radius 3 is 2.70 bits per heavy atom. The number of allylic oxidation sites excluding steroid dienone is 3. The van der Waals surface area contributed by atoms with E-state index in [1.165, 1.54) is 51.5 Å². The van der Waals surface area contributed by atoms with Crippen molar-refractivity contribution in [1.29, 1.82) is 0 Å². The molecule has 227 valence electrons. The Morgan fingerprint density at radius 1 is 1.19 bits per heavy atom. The van der Waals surface area contributed by atoms with Gasteiger partial charge in [0.2, 0.25) is 13.3 Å². The van der Waals surface area contributed by atoms with Crippen molar-refractivity contribution >= 4 is 53.4 Å². The number of nitrogens with two attached hydrogens (primary N) is 1. The molecule has 1 saturated heterocycles. The van der Waals surface area contributed by atoms with Crippen molar-refractivity contribution in [3.05, 3.63) is 53.0 Å². The summed E-state index contributed by atoms with van der Waals surface area (Å²) < 4.78 is 9.72. The van der Waals surface area contributed by atoms with Crippen LogP contribution in [0.25, 0.3) is 16.7 Å². The molecule has 12 nitrogen and oxygen atoms in total. The Labute approximate surface area is 255 Å². The van der Waals surface area contributed by atoms with Crippen LogP contribution in [0.2, 0.25) is 6.82 Å². The number of aliphatic hydroxyl groups is 2. The van der Waals surface area contributed by atoms with Gasteiger partial charge in [-0.3, -0.25) is 14.4 Å². The molecule has 2 aliphatic rings. The number of carbonyl (C=O) groups excluding carboxylic acids is 1. The van der Waals surface area contributed by atoms with Crippen LogP contribution in [-0.4, -0.2) is 89.6 Å². The van der Waals surface area contributed by atoms with Crippen molar-refractivity contribution in [1.82, 2.24) is 29.3 Å². The number of hydrogen-bond acceptors (Lipinski definition) is 10. The molecular weight excluding hydrogens is 567 g/mol. The van der Waals surface area contributed by atoms with Crippen LogP contribution in [0.3, 0.4) is 0 Å². The zero-order chi connectivity index (χ0) is 30.8. The fraction of sp³-hybridized carbons (Fsp3) is 0.483. The Bertz CT molecular complexity index is 1610. The fourth-order valence-corrected chi connectivity index (χ4v) is 6.74. The van der Waals surface area contributed by atoms with E-state index < -0.39 is 24.5 Å². The SMILES string of the molecule is C[B]n1c(C)cc(C)c1/C(CCCNC(=O)CSC[C@H]1O[C@@H](n2cnc3c(N)ncnc32)[C@@H](O)C1O)=C1\N=C(C)C=C1C. The van der Waals surface area contributed by atoms with Gasteiger partial charge in [0.1, 0.15) is 24.1 Å². The lowest BCUT2D eigenvalue weighted by Crippen LogP contribution is -2.33. The van der Waals surface area contributed by atoms with Gasteiger partial charge in [-0.2, -0.15) is 0 Å². The lowest BCUT2D eigenvalue weighted by molar-refractivity contribution is -0.118. The first kappa shape index (κ1) is 31.0. The molecule has 1 radical (unpaired) electrons. The van der Waals surface area contributed by atoms with Gasteiger partial charge in [-0.25, -0.2) is 15.0 Å². The van der Waals surface area contributed by atoms with Crippen LogP contribution >= 0.6 is 11.8 Å². The van der Waals surface area contributed by atoms with Crippen molar-refractivity contribution in [3.8, 4) is 0 Å². The summed E-state index contributed by atoms with van der Waals surface area (Å²) in [5.41, 5.74) is 14.5. The molecule has 0 saturated carbocycles. The van der Waals surface area contributed by atoms with E-state index in [2.05, 4.69) is 65.1 Å². The number of nitrogens with one attached hydrogen (secondary N) is 1. The molecule has 0 aromatic carbocycles. The zero-order valence-electron chi connectivity index (χ0n) is 25.1. The average molecular weight is 606 g/mol. The van der Waals surface area contributed by atoms with Gasteiger partial charge in [-0.15, -0.1) is 11.8 Å². The summed E-state index contributed by atoms with van der Waals surface area (Å²) in [6, 6.07) is 2.19. The van der Waals surface area contributed by atoms with E-state index in [0.29, 0.717) is 23.5 Å². The van der Waals surface area contributed by atoms with E-state index >= 15 is 0 Å². The first-order valence-corrected chi connectivity index (χ1v) is 15.5. The Morgan fingerprint density at radius 2 is 1.98 bits per heavy atom. The second kappa shape index (κ2) is 13.0. The van der Waals surface area contributed by atoms with Gasteiger partial charge < -0.3 is 30.5 Å². The largest absolute Gasteiger partial charge is 0.394 e. The topological polar surface area (TPSA) is 166 Å². The number of aliphatic hydroxyl groups excluding tert-OH is 2. The molecule has 1 unspecified atom stereocenters. The minimum absolute atomic E-state index is 0.0975. The van der Waals surface area contributed by atoms with Gasteiger partial charge >= 0.3 is 0 Å². The van der Waals surface area contributed by atoms with Crippen LogP contribution in [0.1, 0.15) is 49.9 Å². The summed E-state index contributed by atoms with van der Waals surface area (Å²) in [5.74, 6) is 0.653. The summed E-state index contributed by atoms with van der Waals surface area (Å²) in [6.07, 6.45) is 2.51. The molecule has 14 heteroatoms. The third kappa shape index (κ3) is 6.28. The third-order valence-electron chi connectivity index (χ3n) is 7.78. The maximum absolute atomic E-state index is 12.6. The molecule has 3 aromatic rings. The highest BCUT2D eigenvalue weighted by Gasteiger charge is 2.44. The van der Waals surface area contributed by atoms with Crippen LogP contribution in [0, 0.1) is 13.8 Å². The number of aromatic nitrogens is 5. The molecule has 43 heavy (non-hydrogen) atoms. The predicted octanol–water partition coefficient (Wildman–Crippen LogP) is 2.42. The van der Waals surface area contributed by atoms with Crippen LogP contribution < -0.4 is 11.1 Å². The van der Waals surface area contributed by atoms with Gasteiger partial charge in [-0.1, -0.05) is 6.82 Å². The summed E-state index contributed by atoms with van der Waals surface area (Å²) in [5, 5.41) is 24.3. The smallest absolute Gasteiger partial charge is 0.249 e. The number of hydrogen-bond donors (Lipinski definition) is 4. The lowest BCUT2D eigenvalue weighted by atomic mass is 9.93. The first-order valence-electron chi connectivity index (χ1n) is 14.3. The summed E-state index contributed by atoms with van der Waals surface area (Å²) in [7, 11) is 2.08. The van der Waals surface area contributed by atoms with Gasteiger partial charge in [0.15, 0.2) is 17.7 Å². The molecule has 5 N–H and O–H groups in total. The van der Waals surface area contributed by atoms with Crippen molar-refractivity contribution in [2.45, 2.75) is 71.9 Å². The number of rotatable bonds is 11. The van der Waals surface area contributed by atoms with E-state index in [1.54, 1.807) is 0 Å². The summed E-state index contributed by atoms with van der Waals surface area (Å²) >= 11 is 1.34. The molecule has 2 aliphatic heterocycles. The molecule has 0 spiro atoms. The van der Waals surface area contributed by atoms with Gasteiger partial charge in [0.25, 0.3) is 0 Å². The van der Waals surface area contributed by atoms with Crippen LogP contribution in [0.15, 0.2) is 41.1 Å². The van der Waals surface area contributed by atoms with E-state index in [-0.39, 0.29) is 17.5 Å². The number of imidazole rings is 1. The summed E-state index contributed by atoms with van der Waals surface area (Å²) in [6.45, 7) is 10.9. The molecular formula is C29H38BN8O4S. The van der Waals surface area contributed by atoms with E-state index in [9.17, 15) is 15.0 Å². The van der Waals surface area contributed by atoms with Gasteiger partial charge in [0.05, 0.1) is 23.9 Å². The molecule has 0 bridgehead atoms. The van der Waals surface area contributed by atoms with E-state index in [1.807, 2.05) is 13.7 Å². The monoisotopic (exact) mass is 605 g/mol. The number of nitrogen functional groups attached to an aromatic ring is 1. The number of anilines is 1. The van der Waals surface area contributed by atoms with Crippen LogP contribution in [0.4, 0.5) is 5.82 Å². The van der Waals surface area contributed by atoms with Crippen LogP contribution in [0.5, 0.6) is 0 Å². The van der Waals surface area contributed by atoms with Crippen molar-refractivity contribution in [2.24, 2.45) is 4.99 Å². The number of nitrogens with zero attached hydrogens (tertiary/aromatic N) is 6. The highest BCUT2D eigenvalue weighted by molar-refractivity contribution is 8.00. The normalized spacial score (nSPS) is 23.0. The molecule has 1 amide bonds. The number of thioether (sulfide) groups is 1. The Balaban J connectivity index is 1.13. The Hall–Kier alpha value is -3.46. The van der Waals surface area contributed by atoms with Crippen molar-refractivity contribution in [2.75, 3.05) is 23.8 Å². The standard InChI is InChI=1S/C29H38BN8O4S/c1-15-9-17(3)36-22(15)19(24-16(2)10-18(4)38(24)30-5)7-6-8-32-21(39)12-43-11-20-25(40)26(41)29(42-20)37-14-35-23-27(31)33-13-34-28(23)37/h9-10,13-14,20,25-26,29,40-41H,6-8,11-12H2,1-5H3,(H,32,39)(H2,31,33,34)/b22-19-/t20-,25?,26+,29-/m1/s1. The van der Waals surface area contributed by atoms with Gasteiger partial charge in [0, 0.05) is 35.0 Å². The van der Waals surface area contributed by atoms with E-state index in [4.69, 9.17) is 15.5 Å². The predicted molar refractivity (Wildman–Crippen MR) is 170 cm³/mol. The maximum atomic E-state index is 12.6. The number of carbonyl (C=O) groups is 1. The second-order valence-electron chi connectivity index (χ2n) is 11.0. The van der Waals surface area contributed by atoms with Crippen molar-refractivity contribution < 1.29 is 19.7 Å². The van der Waals surface area contributed by atoms with E-state index in [0.717, 1.165) is 29.8 Å². The fourth-order valence-electron chi connectivity index (χ4n) is 5.83. The Kier molecular flexibility index (Phi) is 9.40. The minimum atomic E-state index is -1.19. The average Bonchev–Trinajstić information content (AvgIpc) is 3.69. The highest BCUT2D eigenvalue weighted by atomic mass is 32.2. The lowest BCUT2D eigenvalue weighted by Gasteiger charge is -2.17. The third-order valence-corrected chi connectivity index (χ3v) is 8.81. The maximum Gasteiger partial charge on any atom is 0.249 e. The molecule has 5 heterocycles. The number of amides is 1. The quantitative estimate of drug-likeness (QED) is 0.190. The van der Waals surface area contributed by atoms with Crippen LogP contribution in [-0.2, 0) is 9.53 Å². The van der Waals surface area contributed by atoms with Crippen molar-refractivity contribution in [3.63, 3.8) is 0 Å². The number of aliphatic imine (C=N–C) groups is 1. The highest BCUT2D eigenvalue weighted by Crippen LogP contribution is 2.35. The molecule has 4 atom stereocenters. The number of aryl methyl sites for hydroxylation is 2.